The molecule has 3 unspecified atom stereocenters. The maximum atomic E-state index is 11.3. The van der Waals surface area contributed by atoms with E-state index in [1.807, 2.05) is 0 Å². The summed E-state index contributed by atoms with van der Waals surface area (Å²) in [5.74, 6) is -0.0662. The van der Waals surface area contributed by atoms with Gasteiger partial charge in [0, 0.05) is 12.5 Å². The van der Waals surface area contributed by atoms with Crippen LogP contribution in [0.25, 0.3) is 0 Å². The second kappa shape index (κ2) is 3.64. The van der Waals surface area contributed by atoms with Crippen LogP contribution < -0.4 is 5.32 Å². The monoisotopic (exact) mass is 185 g/mol. The van der Waals surface area contributed by atoms with Gasteiger partial charge in [-0.2, -0.15) is 0 Å². The van der Waals surface area contributed by atoms with Gasteiger partial charge in [0.25, 0.3) is 0 Å². The quantitative estimate of drug-likeness (QED) is 0.596. The third-order valence-corrected chi connectivity index (χ3v) is 2.81. The van der Waals surface area contributed by atoms with Gasteiger partial charge in [-0.05, 0) is 12.8 Å². The van der Waals surface area contributed by atoms with Crippen LogP contribution in [0.5, 0.6) is 0 Å². The van der Waals surface area contributed by atoms with Gasteiger partial charge in [0.2, 0.25) is 0 Å². The van der Waals surface area contributed by atoms with Gasteiger partial charge in [-0.25, -0.2) is 0 Å². The molecular formula is C9H15NO3. The van der Waals surface area contributed by atoms with E-state index in [0.717, 1.165) is 25.9 Å². The standard InChI is InChI=1S/C9H15NO3/c1-12-9(11)6-4-7-2-3-13-8(5-6)10-7/h6-8,10H,2-5H2,1H3. The van der Waals surface area contributed by atoms with Crippen LogP contribution in [0.15, 0.2) is 0 Å². The number of ether oxygens (including phenoxy) is 2. The molecule has 0 aromatic heterocycles. The van der Waals surface area contributed by atoms with Crippen LogP contribution in [-0.4, -0.2) is 32.0 Å². The van der Waals surface area contributed by atoms with E-state index in [0.29, 0.717) is 6.04 Å². The van der Waals surface area contributed by atoms with Crippen molar-refractivity contribution >= 4 is 5.97 Å². The summed E-state index contributed by atoms with van der Waals surface area (Å²) in [6, 6.07) is 0.441. The molecule has 0 aromatic rings. The van der Waals surface area contributed by atoms with E-state index in [-0.39, 0.29) is 18.1 Å². The normalized spacial score (nSPS) is 38.4. The summed E-state index contributed by atoms with van der Waals surface area (Å²) in [7, 11) is 1.45. The molecule has 2 aliphatic rings. The average molecular weight is 185 g/mol. The molecular weight excluding hydrogens is 170 g/mol. The van der Waals surface area contributed by atoms with Gasteiger partial charge in [0.05, 0.1) is 19.6 Å². The van der Waals surface area contributed by atoms with Crippen molar-refractivity contribution in [3.05, 3.63) is 0 Å². The summed E-state index contributed by atoms with van der Waals surface area (Å²) in [4.78, 5) is 11.3. The molecule has 2 heterocycles. The van der Waals surface area contributed by atoms with E-state index in [2.05, 4.69) is 5.32 Å². The van der Waals surface area contributed by atoms with E-state index in [1.54, 1.807) is 0 Å². The summed E-state index contributed by atoms with van der Waals surface area (Å²) >= 11 is 0. The van der Waals surface area contributed by atoms with Crippen molar-refractivity contribution in [2.45, 2.75) is 31.5 Å². The molecule has 2 bridgehead atoms. The Kier molecular flexibility index (Phi) is 2.51. The van der Waals surface area contributed by atoms with Gasteiger partial charge in [0.1, 0.15) is 6.23 Å². The number of esters is 1. The number of nitrogens with one attached hydrogen (secondary N) is 1. The van der Waals surface area contributed by atoms with Crippen LogP contribution in [0.1, 0.15) is 19.3 Å². The van der Waals surface area contributed by atoms with Crippen molar-refractivity contribution in [2.75, 3.05) is 13.7 Å². The molecule has 3 atom stereocenters. The van der Waals surface area contributed by atoms with Gasteiger partial charge in [-0.3, -0.25) is 10.1 Å². The molecule has 4 nitrogen and oxygen atoms in total. The number of hydrogen-bond donors (Lipinski definition) is 1. The SMILES string of the molecule is COC(=O)C1CC2CCOC(C1)N2. The van der Waals surface area contributed by atoms with E-state index in [9.17, 15) is 4.79 Å². The Morgan fingerprint density at radius 3 is 3.08 bits per heavy atom. The second-order valence-electron chi connectivity index (χ2n) is 3.70. The minimum Gasteiger partial charge on any atom is -0.469 e. The molecule has 0 amide bonds. The summed E-state index contributed by atoms with van der Waals surface area (Å²) in [5, 5.41) is 3.33. The smallest absolute Gasteiger partial charge is 0.308 e. The summed E-state index contributed by atoms with van der Waals surface area (Å²) in [6.45, 7) is 0.816. The Labute approximate surface area is 77.6 Å². The number of rotatable bonds is 1. The Bertz CT molecular complexity index is 195. The van der Waals surface area contributed by atoms with Crippen molar-refractivity contribution in [1.29, 1.82) is 0 Å². The fourth-order valence-corrected chi connectivity index (χ4v) is 2.13. The zero-order chi connectivity index (χ0) is 9.26. The number of methoxy groups -OCH3 is 1. The molecule has 2 aliphatic heterocycles. The first-order valence-corrected chi connectivity index (χ1v) is 4.75. The van der Waals surface area contributed by atoms with E-state index < -0.39 is 0 Å². The fourth-order valence-electron chi connectivity index (χ4n) is 2.13. The molecule has 0 aromatic carbocycles. The topological polar surface area (TPSA) is 47.6 Å². The first-order valence-electron chi connectivity index (χ1n) is 4.75. The number of fused-ring (bicyclic) bond motifs is 2. The number of carbonyl (C=O) groups is 1. The predicted octanol–water partition coefficient (Wildman–Crippen LogP) is 0.274. The molecule has 0 radical (unpaired) electrons. The average Bonchev–Trinajstić information content (AvgIpc) is 2.16. The fraction of sp³-hybridized carbons (Fsp3) is 0.889. The molecule has 1 N–H and O–H groups in total. The lowest BCUT2D eigenvalue weighted by Crippen LogP contribution is -2.52. The Morgan fingerprint density at radius 2 is 2.38 bits per heavy atom. The lowest BCUT2D eigenvalue weighted by molar-refractivity contribution is -0.152. The maximum absolute atomic E-state index is 11.3. The van der Waals surface area contributed by atoms with Gasteiger partial charge < -0.3 is 9.47 Å². The largest absolute Gasteiger partial charge is 0.469 e. The van der Waals surface area contributed by atoms with Crippen molar-refractivity contribution in [2.24, 2.45) is 5.92 Å². The first-order chi connectivity index (χ1) is 6.29. The number of piperidine rings is 1. The Hall–Kier alpha value is -0.610. The molecule has 2 saturated heterocycles. The van der Waals surface area contributed by atoms with Gasteiger partial charge in [-0.1, -0.05) is 0 Å². The molecule has 0 spiro atoms. The van der Waals surface area contributed by atoms with Crippen molar-refractivity contribution in [3.63, 3.8) is 0 Å². The summed E-state index contributed by atoms with van der Waals surface area (Å²) in [5.41, 5.74) is 0. The van der Waals surface area contributed by atoms with Crippen LogP contribution in [0.3, 0.4) is 0 Å². The molecule has 74 valence electrons. The van der Waals surface area contributed by atoms with Crippen molar-refractivity contribution in [3.8, 4) is 0 Å². The van der Waals surface area contributed by atoms with E-state index in [1.165, 1.54) is 7.11 Å². The molecule has 2 rings (SSSR count). The summed E-state index contributed by atoms with van der Waals surface area (Å²) < 4.78 is 10.2. The minimum atomic E-state index is -0.0954. The lowest BCUT2D eigenvalue weighted by Gasteiger charge is -2.38. The van der Waals surface area contributed by atoms with Gasteiger partial charge in [-0.15, -0.1) is 0 Å². The molecule has 0 saturated carbocycles. The molecule has 0 aliphatic carbocycles. The third-order valence-electron chi connectivity index (χ3n) is 2.81. The zero-order valence-electron chi connectivity index (χ0n) is 7.79. The van der Waals surface area contributed by atoms with Crippen LogP contribution in [0.4, 0.5) is 0 Å². The van der Waals surface area contributed by atoms with Crippen LogP contribution in [0.2, 0.25) is 0 Å². The summed E-state index contributed by atoms with van der Waals surface area (Å²) in [6.07, 6.45) is 2.72. The zero-order valence-corrected chi connectivity index (χ0v) is 7.79. The highest BCUT2D eigenvalue weighted by Crippen LogP contribution is 2.26. The van der Waals surface area contributed by atoms with Gasteiger partial charge >= 0.3 is 5.97 Å². The number of carbonyl (C=O) groups excluding carboxylic acids is 1. The minimum absolute atomic E-state index is 0.0292. The Balaban J connectivity index is 1.97. The first kappa shape index (κ1) is 8.97. The van der Waals surface area contributed by atoms with E-state index in [4.69, 9.17) is 9.47 Å². The van der Waals surface area contributed by atoms with Gasteiger partial charge in [0.15, 0.2) is 0 Å². The Morgan fingerprint density at radius 1 is 1.54 bits per heavy atom. The highest BCUT2D eigenvalue weighted by atomic mass is 16.5. The maximum Gasteiger partial charge on any atom is 0.308 e. The second-order valence-corrected chi connectivity index (χ2v) is 3.70. The van der Waals surface area contributed by atoms with Crippen molar-refractivity contribution in [1.82, 2.24) is 5.32 Å². The van der Waals surface area contributed by atoms with Crippen molar-refractivity contribution < 1.29 is 14.3 Å². The lowest BCUT2D eigenvalue weighted by atomic mass is 9.89. The highest BCUT2D eigenvalue weighted by molar-refractivity contribution is 5.72. The molecule has 2 fully saturated rings. The molecule has 4 heteroatoms. The van der Waals surface area contributed by atoms with Crippen LogP contribution in [-0.2, 0) is 14.3 Å². The van der Waals surface area contributed by atoms with Crippen LogP contribution >= 0.6 is 0 Å². The predicted molar refractivity (Wildman–Crippen MR) is 46.0 cm³/mol. The molecule has 13 heavy (non-hydrogen) atoms. The van der Waals surface area contributed by atoms with E-state index >= 15 is 0 Å². The van der Waals surface area contributed by atoms with Crippen LogP contribution in [0, 0.1) is 5.92 Å². The third kappa shape index (κ3) is 1.84. The highest BCUT2D eigenvalue weighted by Gasteiger charge is 2.35. The number of hydrogen-bond acceptors (Lipinski definition) is 4.